The van der Waals surface area contributed by atoms with Crippen LogP contribution < -0.4 is 0 Å². The van der Waals surface area contributed by atoms with Crippen LogP contribution in [0.3, 0.4) is 0 Å². The number of nitrogens with zero attached hydrogens (tertiary/aromatic N) is 1. The van der Waals surface area contributed by atoms with Crippen LogP contribution in [0.2, 0.25) is 0 Å². The van der Waals surface area contributed by atoms with Gasteiger partial charge >= 0.3 is 5.97 Å². The lowest BCUT2D eigenvalue weighted by atomic mass is 9.84. The molecular formula is C15H21NO4. The Kier molecular flexibility index (Phi) is 3.90. The molecule has 0 amide bonds. The van der Waals surface area contributed by atoms with E-state index in [1.54, 1.807) is 0 Å². The monoisotopic (exact) mass is 279 g/mol. The first-order valence-corrected chi connectivity index (χ1v) is 6.89. The van der Waals surface area contributed by atoms with Gasteiger partial charge in [-0.25, -0.2) is 0 Å². The highest BCUT2D eigenvalue weighted by atomic mass is 16.4. The molecule has 110 valence electrons. The maximum atomic E-state index is 11.5. The van der Waals surface area contributed by atoms with Crippen LogP contribution in [0, 0.1) is 5.41 Å². The molecule has 1 aliphatic rings. The minimum Gasteiger partial charge on any atom is -0.508 e. The van der Waals surface area contributed by atoms with Crippen LogP contribution in [0.4, 0.5) is 0 Å². The molecule has 0 aliphatic carbocycles. The molecule has 1 aromatic rings. The first-order chi connectivity index (χ1) is 9.39. The molecule has 1 fully saturated rings. The average molecular weight is 279 g/mol. The lowest BCUT2D eigenvalue weighted by Crippen LogP contribution is -2.35. The molecule has 0 aromatic heterocycles. The molecule has 1 aliphatic heterocycles. The summed E-state index contributed by atoms with van der Waals surface area (Å²) in [4.78, 5) is 13.5. The molecular weight excluding hydrogens is 258 g/mol. The Morgan fingerprint density at radius 3 is 2.70 bits per heavy atom. The summed E-state index contributed by atoms with van der Waals surface area (Å²) in [6.45, 7) is 4.96. The summed E-state index contributed by atoms with van der Waals surface area (Å²) >= 11 is 0. The van der Waals surface area contributed by atoms with Gasteiger partial charge < -0.3 is 15.3 Å². The topological polar surface area (TPSA) is 81.0 Å². The Hall–Kier alpha value is -1.75. The number of likely N-dealkylation sites (tertiary alicyclic amines) is 1. The Morgan fingerprint density at radius 2 is 2.15 bits per heavy atom. The summed E-state index contributed by atoms with van der Waals surface area (Å²) in [6.07, 6.45) is 1.21. The van der Waals surface area contributed by atoms with Crippen molar-refractivity contribution >= 4 is 5.97 Å². The standard InChI is InChI=1S/C15H21NO4/c1-3-15(14(19)20)6-7-16(9-15)10(2)12-8-11(17)4-5-13(12)18/h4-5,8,10,17-18H,3,6-7,9H2,1-2H3,(H,19,20). The Labute approximate surface area is 118 Å². The third-order valence-corrected chi connectivity index (χ3v) is 4.52. The molecule has 1 heterocycles. The van der Waals surface area contributed by atoms with Crippen molar-refractivity contribution < 1.29 is 20.1 Å². The summed E-state index contributed by atoms with van der Waals surface area (Å²) < 4.78 is 0. The molecule has 0 spiro atoms. The van der Waals surface area contributed by atoms with Gasteiger partial charge in [-0.1, -0.05) is 6.92 Å². The van der Waals surface area contributed by atoms with Gasteiger partial charge in [0.25, 0.3) is 0 Å². The van der Waals surface area contributed by atoms with Crippen LogP contribution in [0.1, 0.15) is 38.3 Å². The molecule has 1 saturated heterocycles. The minimum absolute atomic E-state index is 0.101. The Balaban J connectivity index is 2.21. The van der Waals surface area contributed by atoms with Gasteiger partial charge in [-0.2, -0.15) is 0 Å². The highest BCUT2D eigenvalue weighted by Gasteiger charge is 2.44. The van der Waals surface area contributed by atoms with E-state index in [1.807, 2.05) is 18.7 Å². The zero-order valence-electron chi connectivity index (χ0n) is 11.8. The molecule has 2 atom stereocenters. The lowest BCUT2D eigenvalue weighted by Gasteiger charge is -2.28. The molecule has 0 radical (unpaired) electrons. The molecule has 3 N–H and O–H groups in total. The number of hydrogen-bond acceptors (Lipinski definition) is 4. The number of carboxylic acids is 1. The largest absolute Gasteiger partial charge is 0.508 e. The minimum atomic E-state index is -0.755. The summed E-state index contributed by atoms with van der Waals surface area (Å²) in [6, 6.07) is 4.30. The van der Waals surface area contributed by atoms with E-state index in [0.29, 0.717) is 31.5 Å². The number of phenolic OH excluding ortho intramolecular Hbond substituents is 2. The van der Waals surface area contributed by atoms with Gasteiger partial charge in [-0.3, -0.25) is 9.69 Å². The summed E-state index contributed by atoms with van der Waals surface area (Å²) in [5.41, 5.74) is -0.0666. The van der Waals surface area contributed by atoms with E-state index in [4.69, 9.17) is 0 Å². The molecule has 1 aromatic carbocycles. The Bertz CT molecular complexity index is 517. The van der Waals surface area contributed by atoms with Gasteiger partial charge in [0, 0.05) is 18.2 Å². The van der Waals surface area contributed by atoms with Gasteiger partial charge in [-0.05, 0) is 44.5 Å². The van der Waals surface area contributed by atoms with E-state index in [9.17, 15) is 20.1 Å². The van der Waals surface area contributed by atoms with Crippen molar-refractivity contribution in [3.8, 4) is 11.5 Å². The van der Waals surface area contributed by atoms with Gasteiger partial charge in [-0.15, -0.1) is 0 Å². The fourth-order valence-electron chi connectivity index (χ4n) is 2.92. The SMILES string of the molecule is CCC1(C(=O)O)CCN(C(C)c2cc(O)ccc2O)C1. The van der Waals surface area contributed by atoms with Crippen molar-refractivity contribution in [2.75, 3.05) is 13.1 Å². The molecule has 5 nitrogen and oxygen atoms in total. The van der Waals surface area contributed by atoms with E-state index in [2.05, 4.69) is 0 Å². The van der Waals surface area contributed by atoms with Crippen molar-refractivity contribution in [1.29, 1.82) is 0 Å². The summed E-state index contributed by atoms with van der Waals surface area (Å²) in [7, 11) is 0. The number of carboxylic acid groups (broad SMARTS) is 1. The second-order valence-electron chi connectivity index (χ2n) is 5.58. The van der Waals surface area contributed by atoms with Crippen molar-refractivity contribution in [2.24, 2.45) is 5.41 Å². The van der Waals surface area contributed by atoms with Crippen LogP contribution in [-0.4, -0.2) is 39.3 Å². The van der Waals surface area contributed by atoms with Crippen LogP contribution in [0.25, 0.3) is 0 Å². The number of hydrogen-bond donors (Lipinski definition) is 3. The summed E-state index contributed by atoms with van der Waals surface area (Å²) in [5, 5.41) is 28.9. The fourth-order valence-corrected chi connectivity index (χ4v) is 2.92. The molecule has 2 unspecified atom stereocenters. The van der Waals surface area contributed by atoms with Crippen molar-refractivity contribution in [3.05, 3.63) is 23.8 Å². The average Bonchev–Trinajstić information content (AvgIpc) is 2.86. The number of benzene rings is 1. The molecule has 0 bridgehead atoms. The normalized spacial score (nSPS) is 24.7. The summed E-state index contributed by atoms with van der Waals surface area (Å²) in [5.74, 6) is -0.529. The second-order valence-corrected chi connectivity index (χ2v) is 5.58. The smallest absolute Gasteiger partial charge is 0.310 e. The molecule has 5 heteroatoms. The van der Waals surface area contributed by atoms with Crippen molar-refractivity contribution in [3.63, 3.8) is 0 Å². The predicted molar refractivity (Wildman–Crippen MR) is 74.7 cm³/mol. The molecule has 20 heavy (non-hydrogen) atoms. The molecule has 0 saturated carbocycles. The fraction of sp³-hybridized carbons (Fsp3) is 0.533. The zero-order chi connectivity index (χ0) is 14.9. The van der Waals surface area contributed by atoms with E-state index in [-0.39, 0.29) is 17.5 Å². The van der Waals surface area contributed by atoms with Crippen LogP contribution in [-0.2, 0) is 4.79 Å². The van der Waals surface area contributed by atoms with E-state index >= 15 is 0 Å². The van der Waals surface area contributed by atoms with Gasteiger partial charge in [0.05, 0.1) is 5.41 Å². The van der Waals surface area contributed by atoms with Crippen LogP contribution in [0.5, 0.6) is 11.5 Å². The van der Waals surface area contributed by atoms with Gasteiger partial charge in [0.15, 0.2) is 0 Å². The van der Waals surface area contributed by atoms with E-state index < -0.39 is 11.4 Å². The van der Waals surface area contributed by atoms with E-state index in [1.165, 1.54) is 18.2 Å². The van der Waals surface area contributed by atoms with Crippen molar-refractivity contribution in [1.82, 2.24) is 4.90 Å². The third-order valence-electron chi connectivity index (χ3n) is 4.52. The van der Waals surface area contributed by atoms with Gasteiger partial charge in [0.1, 0.15) is 11.5 Å². The van der Waals surface area contributed by atoms with Crippen LogP contribution in [0.15, 0.2) is 18.2 Å². The highest BCUT2D eigenvalue weighted by molar-refractivity contribution is 5.75. The predicted octanol–water partition coefficient (Wildman–Crippen LogP) is 2.35. The zero-order valence-corrected chi connectivity index (χ0v) is 11.8. The number of aromatic hydroxyl groups is 2. The number of aliphatic carboxylic acids is 1. The first-order valence-electron chi connectivity index (χ1n) is 6.89. The number of phenols is 2. The second kappa shape index (κ2) is 5.32. The number of rotatable bonds is 4. The Morgan fingerprint density at radius 1 is 1.45 bits per heavy atom. The first kappa shape index (κ1) is 14.7. The third kappa shape index (κ3) is 2.45. The highest BCUT2D eigenvalue weighted by Crippen LogP contribution is 2.40. The maximum Gasteiger partial charge on any atom is 0.310 e. The van der Waals surface area contributed by atoms with Crippen LogP contribution >= 0.6 is 0 Å². The number of carbonyl (C=O) groups is 1. The maximum absolute atomic E-state index is 11.5. The van der Waals surface area contributed by atoms with Gasteiger partial charge in [0.2, 0.25) is 0 Å². The quantitative estimate of drug-likeness (QED) is 0.737. The lowest BCUT2D eigenvalue weighted by molar-refractivity contribution is -0.148. The van der Waals surface area contributed by atoms with E-state index in [0.717, 1.165) is 0 Å². The molecule has 2 rings (SSSR count). The van der Waals surface area contributed by atoms with Crippen molar-refractivity contribution in [2.45, 2.75) is 32.7 Å².